The summed E-state index contributed by atoms with van der Waals surface area (Å²) in [5.41, 5.74) is 12.8. The van der Waals surface area contributed by atoms with Crippen LogP contribution in [0.4, 0.5) is 0 Å². The second kappa shape index (κ2) is 12.2. The van der Waals surface area contributed by atoms with Crippen LogP contribution in [0.2, 0.25) is 0 Å². The number of aliphatic hydroxyl groups is 1. The Morgan fingerprint density at radius 2 is 1.12 bits per heavy atom. The molecule has 228 valence electrons. The lowest BCUT2D eigenvalue weighted by Crippen LogP contribution is -2.27. The Labute approximate surface area is 267 Å². The van der Waals surface area contributed by atoms with E-state index in [0.717, 1.165) is 83.9 Å². The van der Waals surface area contributed by atoms with E-state index in [0.29, 0.717) is 34.3 Å². The van der Waals surface area contributed by atoms with Crippen molar-refractivity contribution < 1.29 is 5.11 Å². The standard InChI is InChI=1S/C36H44Cl2N4O/c1-9-19-20(10-2)26-18-28-22(12-4)24(14-6)32(41-28)30(38)34-36(15-7,16-8)35(43)33(42-34)29(37)31-23(13-5)21(11-3)27(40-31)17-25(19)39-26/h17-18,42-43H,9-16H2,1-8H3. The van der Waals surface area contributed by atoms with Crippen molar-refractivity contribution in [2.75, 3.05) is 0 Å². The maximum atomic E-state index is 11.9. The van der Waals surface area contributed by atoms with Gasteiger partial charge in [0.25, 0.3) is 0 Å². The van der Waals surface area contributed by atoms with E-state index >= 15 is 0 Å². The van der Waals surface area contributed by atoms with Crippen molar-refractivity contribution in [2.45, 2.75) is 107 Å². The van der Waals surface area contributed by atoms with Gasteiger partial charge in [-0.1, -0.05) is 78.6 Å². The molecule has 0 saturated heterocycles. The summed E-state index contributed by atoms with van der Waals surface area (Å²) in [4.78, 5) is 15.6. The maximum absolute atomic E-state index is 11.9. The molecule has 0 saturated carbocycles. The van der Waals surface area contributed by atoms with Crippen LogP contribution in [0.15, 0.2) is 105 Å². The van der Waals surface area contributed by atoms with Gasteiger partial charge < -0.3 is 10.4 Å². The van der Waals surface area contributed by atoms with Crippen molar-refractivity contribution in [1.29, 1.82) is 0 Å². The second-order valence-corrected chi connectivity index (χ2v) is 12.3. The third-order valence-corrected chi connectivity index (χ3v) is 10.5. The first-order chi connectivity index (χ1) is 20.7. The van der Waals surface area contributed by atoms with E-state index in [9.17, 15) is 5.11 Å². The van der Waals surface area contributed by atoms with Gasteiger partial charge >= 0.3 is 0 Å². The average Bonchev–Trinajstić information content (AvgIpc) is 3.74. The topological polar surface area (TPSA) is 69.3 Å². The molecule has 5 aliphatic heterocycles. The SMILES string of the molecule is CCC1=C(CC)C2=NC1=CC1=NC(=C(Cl)C3=C(O)C(CC)(CC)C(=C(Cl)C4=NC(=C2)C(CC)=C4CC)N3)C(CC)=C1CC. The third-order valence-electron chi connectivity index (χ3n) is 9.76. The molecule has 0 atom stereocenters. The number of rotatable bonds is 8. The molecule has 0 spiro atoms. The highest BCUT2D eigenvalue weighted by atomic mass is 35.5. The van der Waals surface area contributed by atoms with Gasteiger partial charge in [-0.25, -0.2) is 15.0 Å². The molecule has 7 heteroatoms. The molecule has 0 amide bonds. The van der Waals surface area contributed by atoms with E-state index < -0.39 is 5.41 Å². The first kappa shape index (κ1) is 31.5. The number of aliphatic imine (C=N–C) groups is 3. The van der Waals surface area contributed by atoms with Crippen molar-refractivity contribution >= 4 is 40.3 Å². The number of hydrogen-bond donors (Lipinski definition) is 2. The fourth-order valence-corrected chi connectivity index (χ4v) is 8.06. The lowest BCUT2D eigenvalue weighted by molar-refractivity contribution is 0.250. The van der Waals surface area contributed by atoms with Crippen LogP contribution in [0.5, 0.6) is 0 Å². The lowest BCUT2D eigenvalue weighted by Gasteiger charge is -2.29. The fourth-order valence-electron chi connectivity index (χ4n) is 7.38. The highest BCUT2D eigenvalue weighted by Gasteiger charge is 2.47. The number of hydrogen-bond acceptors (Lipinski definition) is 5. The van der Waals surface area contributed by atoms with Gasteiger partial charge in [-0.15, -0.1) is 0 Å². The van der Waals surface area contributed by atoms with Gasteiger partial charge in [0.1, 0.15) is 5.76 Å². The monoisotopic (exact) mass is 618 g/mol. The normalized spacial score (nSPS) is 21.7. The Hall–Kier alpha value is -2.89. The second-order valence-electron chi connectivity index (χ2n) is 11.5. The molecule has 0 aromatic rings. The van der Waals surface area contributed by atoms with Gasteiger partial charge in [0.05, 0.1) is 61.1 Å². The summed E-state index contributed by atoms with van der Waals surface area (Å²) in [7, 11) is 0. The molecule has 2 N–H and O–H groups in total. The summed E-state index contributed by atoms with van der Waals surface area (Å²) in [5, 5.41) is 16.4. The number of allylic oxidation sites excluding steroid dienone is 10. The molecule has 0 radical (unpaired) electrons. The molecule has 0 fully saturated rings. The van der Waals surface area contributed by atoms with Crippen molar-refractivity contribution in [3.8, 4) is 0 Å². The van der Waals surface area contributed by atoms with Gasteiger partial charge in [-0.2, -0.15) is 0 Å². The molecule has 5 nitrogen and oxygen atoms in total. The zero-order valence-electron chi connectivity index (χ0n) is 26.9. The molecule has 0 aliphatic carbocycles. The van der Waals surface area contributed by atoms with Crippen LogP contribution in [0.3, 0.4) is 0 Å². The highest BCUT2D eigenvalue weighted by Crippen LogP contribution is 2.52. The van der Waals surface area contributed by atoms with Gasteiger partial charge in [0.15, 0.2) is 0 Å². The van der Waals surface area contributed by atoms with Crippen LogP contribution in [0, 0.1) is 5.41 Å². The van der Waals surface area contributed by atoms with Crippen LogP contribution < -0.4 is 5.32 Å². The number of nitrogens with zero attached hydrogens (tertiary/aromatic N) is 3. The van der Waals surface area contributed by atoms with Crippen molar-refractivity contribution in [1.82, 2.24) is 5.32 Å². The van der Waals surface area contributed by atoms with Crippen LogP contribution in [-0.2, 0) is 0 Å². The van der Waals surface area contributed by atoms with E-state index in [1.165, 1.54) is 22.3 Å². The Bertz CT molecular complexity index is 1630. The summed E-state index contributed by atoms with van der Waals surface area (Å²) in [6.45, 7) is 17.2. The lowest BCUT2D eigenvalue weighted by atomic mass is 9.78. The number of nitrogens with one attached hydrogen (secondary N) is 1. The molecule has 0 aromatic carbocycles. The molecule has 8 bridgehead atoms. The molecule has 5 rings (SSSR count). The largest absolute Gasteiger partial charge is 0.509 e. The van der Waals surface area contributed by atoms with E-state index in [1.54, 1.807) is 0 Å². The minimum absolute atomic E-state index is 0.212. The number of fused-ring (bicyclic) bond motifs is 5. The molecule has 0 aromatic heterocycles. The minimum atomic E-state index is -0.713. The average molecular weight is 620 g/mol. The predicted octanol–water partition coefficient (Wildman–Crippen LogP) is 10.6. The van der Waals surface area contributed by atoms with E-state index in [1.807, 2.05) is 0 Å². The fraction of sp³-hybridized carbons (Fsp3) is 0.472. The van der Waals surface area contributed by atoms with E-state index in [-0.39, 0.29) is 5.76 Å². The van der Waals surface area contributed by atoms with Gasteiger partial charge in [-0.05, 0) is 97.0 Å². The zero-order valence-corrected chi connectivity index (χ0v) is 28.4. The molecule has 0 unspecified atom stereocenters. The van der Waals surface area contributed by atoms with E-state index in [2.05, 4.69) is 72.9 Å². The van der Waals surface area contributed by atoms with Gasteiger partial charge in [-0.3, -0.25) is 0 Å². The Morgan fingerprint density at radius 1 is 0.628 bits per heavy atom. The number of halogens is 2. The van der Waals surface area contributed by atoms with Crippen LogP contribution in [0.25, 0.3) is 0 Å². The molecular formula is C36H44Cl2N4O. The van der Waals surface area contributed by atoms with Crippen molar-refractivity contribution in [2.24, 2.45) is 20.4 Å². The van der Waals surface area contributed by atoms with Gasteiger partial charge in [0, 0.05) is 0 Å². The van der Waals surface area contributed by atoms with Crippen LogP contribution in [0.1, 0.15) is 107 Å². The summed E-state index contributed by atoms with van der Waals surface area (Å²) < 4.78 is 0. The molecule has 5 heterocycles. The quantitative estimate of drug-likeness (QED) is 0.284. The summed E-state index contributed by atoms with van der Waals surface area (Å²) in [6.07, 6.45) is 10.6. The first-order valence-electron chi connectivity index (χ1n) is 16.1. The Morgan fingerprint density at radius 3 is 1.65 bits per heavy atom. The minimum Gasteiger partial charge on any atom is -0.509 e. The van der Waals surface area contributed by atoms with Crippen molar-refractivity contribution in [3.63, 3.8) is 0 Å². The Kier molecular flexibility index (Phi) is 8.98. The first-order valence-corrected chi connectivity index (χ1v) is 16.8. The highest BCUT2D eigenvalue weighted by molar-refractivity contribution is 6.47. The third kappa shape index (κ3) is 4.69. The Balaban J connectivity index is 1.93. The van der Waals surface area contributed by atoms with E-state index in [4.69, 9.17) is 38.2 Å². The summed E-state index contributed by atoms with van der Waals surface area (Å²) >= 11 is 14.6. The molecule has 43 heavy (non-hydrogen) atoms. The molecule has 5 aliphatic rings. The van der Waals surface area contributed by atoms with Crippen molar-refractivity contribution in [3.05, 3.63) is 89.9 Å². The van der Waals surface area contributed by atoms with Crippen LogP contribution in [-0.4, -0.2) is 22.2 Å². The van der Waals surface area contributed by atoms with Gasteiger partial charge in [0.2, 0.25) is 0 Å². The summed E-state index contributed by atoms with van der Waals surface area (Å²) in [5.74, 6) is 0.212. The summed E-state index contributed by atoms with van der Waals surface area (Å²) in [6, 6.07) is 0. The zero-order chi connectivity index (χ0) is 31.2. The number of aliphatic hydroxyl groups excluding tert-OH is 1. The smallest absolute Gasteiger partial charge is 0.129 e. The van der Waals surface area contributed by atoms with Crippen LogP contribution >= 0.6 is 23.2 Å². The molecular weight excluding hydrogens is 575 g/mol. The maximum Gasteiger partial charge on any atom is 0.129 e. The predicted molar refractivity (Wildman–Crippen MR) is 183 cm³/mol.